The second kappa shape index (κ2) is 18.0. The number of methoxy groups -OCH3 is 2. The molecule has 0 aliphatic carbocycles. The minimum atomic E-state index is -0.803. The predicted molar refractivity (Wildman–Crippen MR) is 229 cm³/mol. The van der Waals surface area contributed by atoms with Crippen LogP contribution in [0.3, 0.4) is 0 Å². The highest BCUT2D eigenvalue weighted by Crippen LogP contribution is 2.36. The van der Waals surface area contributed by atoms with E-state index in [2.05, 4.69) is 25.6 Å². The number of hydrogen-bond donors (Lipinski definition) is 4. The zero-order chi connectivity index (χ0) is 43.5. The Hall–Kier alpha value is -6.51. The molecule has 2 aromatic heterocycles. The third-order valence-corrected chi connectivity index (χ3v) is 11.8. The molecule has 14 nitrogen and oxygen atoms in total. The van der Waals surface area contributed by atoms with Gasteiger partial charge in [-0.05, 0) is 71.9 Å². The Morgan fingerprint density at radius 3 is 1.77 bits per heavy atom. The van der Waals surface area contributed by atoms with Gasteiger partial charge in [-0.1, -0.05) is 76.2 Å². The number of alkyl carbamates (subject to hydrolysis) is 2. The number of aromatic amines is 2. The highest BCUT2D eigenvalue weighted by Gasteiger charge is 2.38. The van der Waals surface area contributed by atoms with E-state index in [0.717, 1.165) is 41.6 Å². The molecule has 4 N–H and O–H groups in total. The molecule has 0 radical (unpaired) electrons. The zero-order valence-electron chi connectivity index (χ0n) is 35.2. The summed E-state index contributed by atoms with van der Waals surface area (Å²) >= 11 is 0. The number of halogens is 1. The normalized spacial score (nSPS) is 17.5. The van der Waals surface area contributed by atoms with E-state index in [4.69, 9.17) is 9.47 Å². The minimum Gasteiger partial charge on any atom is -0.453 e. The largest absolute Gasteiger partial charge is 0.453 e. The Kier molecular flexibility index (Phi) is 12.6. The first-order chi connectivity index (χ1) is 29.3. The Balaban J connectivity index is 1.07. The monoisotopic (exact) mass is 833 g/mol. The van der Waals surface area contributed by atoms with Crippen molar-refractivity contribution in [2.24, 2.45) is 11.8 Å². The number of H-pyrrole nitrogens is 2. The number of nitrogens with zero attached hydrogens (tertiary/aromatic N) is 3. The molecular weight excluding hydrogens is 782 g/mol. The van der Waals surface area contributed by atoms with Crippen molar-refractivity contribution in [3.8, 4) is 33.5 Å². The van der Waals surface area contributed by atoms with E-state index in [1.165, 1.54) is 26.4 Å². The van der Waals surface area contributed by atoms with Gasteiger partial charge in [-0.15, -0.1) is 0 Å². The maximum absolute atomic E-state index is 15.7. The molecule has 4 amide bonds. The lowest BCUT2D eigenvalue weighted by Gasteiger charge is -2.31. The van der Waals surface area contributed by atoms with Crippen LogP contribution in [0.15, 0.2) is 77.7 Å². The molecule has 0 spiro atoms. The third kappa shape index (κ3) is 8.86. The van der Waals surface area contributed by atoms with Crippen molar-refractivity contribution >= 4 is 34.9 Å². The molecule has 2 aliphatic rings. The average molecular weight is 834 g/mol. The van der Waals surface area contributed by atoms with Gasteiger partial charge in [0.2, 0.25) is 11.8 Å². The summed E-state index contributed by atoms with van der Waals surface area (Å²) in [5.74, 6) is -0.610. The summed E-state index contributed by atoms with van der Waals surface area (Å²) in [6, 6.07) is 17.6. The standard InChI is InChI=1S/C46H52FN7O7/c1-25(2)40(51-45(58)60-5)43(56)53-19-7-9-37(53)35-23-39(55)32-21-33(47)31(22-34(32)49-35)29-15-11-27(12-16-29)28-13-17-30(18-14-28)36-24-48-42(50-36)38-10-8-20-54(38)44(57)41(26(3)4)52-46(59)61-6/h11-18,21-26,37-38,40-41H,7-10,19-20H2,1-6H3,(H,48,50)(H,49,55)(H,51,58)(H,52,59)/t37-,38-,40-,41+/m0/s1. The zero-order valence-corrected chi connectivity index (χ0v) is 35.2. The van der Waals surface area contributed by atoms with Gasteiger partial charge in [-0.25, -0.2) is 19.0 Å². The number of rotatable bonds is 11. The number of amides is 4. The fraction of sp³-hybridized carbons (Fsp3) is 0.391. The fourth-order valence-electron chi connectivity index (χ4n) is 8.45. The van der Waals surface area contributed by atoms with Crippen LogP contribution in [0.25, 0.3) is 44.4 Å². The van der Waals surface area contributed by atoms with E-state index in [1.807, 2.05) is 76.2 Å². The van der Waals surface area contributed by atoms with Crippen molar-refractivity contribution in [2.45, 2.75) is 77.5 Å². The molecular formula is C46H52FN7O7. The van der Waals surface area contributed by atoms with Gasteiger partial charge in [-0.3, -0.25) is 14.4 Å². The molecule has 2 fully saturated rings. The third-order valence-electron chi connectivity index (χ3n) is 11.8. The van der Waals surface area contributed by atoms with Gasteiger partial charge in [0.15, 0.2) is 5.43 Å². The molecule has 5 aromatic rings. The predicted octanol–water partition coefficient (Wildman–Crippen LogP) is 7.48. The van der Waals surface area contributed by atoms with Crippen molar-refractivity contribution < 1.29 is 33.0 Å². The average Bonchev–Trinajstić information content (AvgIpc) is 4.06. The van der Waals surface area contributed by atoms with Gasteiger partial charge in [0.25, 0.3) is 0 Å². The van der Waals surface area contributed by atoms with Crippen LogP contribution in [-0.4, -0.2) is 88.1 Å². The van der Waals surface area contributed by atoms with Gasteiger partial charge < -0.3 is 39.9 Å². The van der Waals surface area contributed by atoms with Crippen LogP contribution in [0.4, 0.5) is 14.0 Å². The second-order valence-corrected chi connectivity index (χ2v) is 16.4. The number of aromatic nitrogens is 3. The number of carbonyl (C=O) groups is 4. The quantitative estimate of drug-likeness (QED) is 0.106. The number of imidazole rings is 1. The van der Waals surface area contributed by atoms with Gasteiger partial charge in [0.1, 0.15) is 23.7 Å². The summed E-state index contributed by atoms with van der Waals surface area (Å²) in [5, 5.41) is 5.53. The Morgan fingerprint density at radius 1 is 0.721 bits per heavy atom. The van der Waals surface area contributed by atoms with Gasteiger partial charge in [0, 0.05) is 35.8 Å². The summed E-state index contributed by atoms with van der Waals surface area (Å²) in [4.78, 5) is 79.5. The smallest absolute Gasteiger partial charge is 0.407 e. The number of carbonyl (C=O) groups excluding carboxylic acids is 4. The first-order valence-corrected chi connectivity index (χ1v) is 20.7. The molecule has 3 aromatic carbocycles. The number of likely N-dealkylation sites (tertiary alicyclic amines) is 2. The summed E-state index contributed by atoms with van der Waals surface area (Å²) < 4.78 is 25.2. The fourth-order valence-corrected chi connectivity index (χ4v) is 8.45. The molecule has 2 aliphatic heterocycles. The second-order valence-electron chi connectivity index (χ2n) is 16.4. The van der Waals surface area contributed by atoms with E-state index in [-0.39, 0.29) is 40.5 Å². The molecule has 0 saturated carbocycles. The number of nitrogens with one attached hydrogen (secondary N) is 4. The van der Waals surface area contributed by atoms with E-state index < -0.39 is 36.1 Å². The van der Waals surface area contributed by atoms with Crippen molar-refractivity contribution in [2.75, 3.05) is 27.3 Å². The van der Waals surface area contributed by atoms with Crippen molar-refractivity contribution in [1.82, 2.24) is 35.4 Å². The number of hydrogen-bond acceptors (Lipinski definition) is 8. The number of fused-ring (bicyclic) bond motifs is 1. The lowest BCUT2D eigenvalue weighted by atomic mass is 9.98. The molecule has 7 rings (SSSR count). The minimum absolute atomic E-state index is 0.131. The van der Waals surface area contributed by atoms with Crippen LogP contribution in [0.2, 0.25) is 0 Å². The lowest BCUT2D eigenvalue weighted by Crippen LogP contribution is -2.51. The van der Waals surface area contributed by atoms with Crippen molar-refractivity contribution in [3.63, 3.8) is 0 Å². The van der Waals surface area contributed by atoms with Crippen LogP contribution in [0.5, 0.6) is 0 Å². The Bertz CT molecular complexity index is 2480. The molecule has 320 valence electrons. The number of ether oxygens (including phenoxy) is 2. The molecule has 0 bridgehead atoms. The number of benzene rings is 3. The van der Waals surface area contributed by atoms with Crippen LogP contribution < -0.4 is 16.1 Å². The molecule has 15 heteroatoms. The number of pyridine rings is 1. The van der Waals surface area contributed by atoms with Crippen LogP contribution in [0.1, 0.15) is 77.0 Å². The van der Waals surface area contributed by atoms with Crippen LogP contribution in [-0.2, 0) is 19.1 Å². The maximum atomic E-state index is 15.7. The topological polar surface area (TPSA) is 179 Å². The van der Waals surface area contributed by atoms with Crippen LogP contribution in [0, 0.1) is 17.7 Å². The Labute approximate surface area is 353 Å². The molecule has 2 saturated heterocycles. The van der Waals surface area contributed by atoms with E-state index >= 15 is 4.39 Å². The van der Waals surface area contributed by atoms with Gasteiger partial charge >= 0.3 is 12.2 Å². The summed E-state index contributed by atoms with van der Waals surface area (Å²) in [5.41, 5.74) is 5.19. The lowest BCUT2D eigenvalue weighted by molar-refractivity contribution is -0.136. The molecule has 4 heterocycles. The molecule has 61 heavy (non-hydrogen) atoms. The summed E-state index contributed by atoms with van der Waals surface area (Å²) in [6.45, 7) is 8.47. The molecule has 4 atom stereocenters. The maximum Gasteiger partial charge on any atom is 0.407 e. The van der Waals surface area contributed by atoms with E-state index in [1.54, 1.807) is 22.1 Å². The summed E-state index contributed by atoms with van der Waals surface area (Å²) in [7, 11) is 2.52. The van der Waals surface area contributed by atoms with E-state index in [0.29, 0.717) is 47.7 Å². The highest BCUT2D eigenvalue weighted by atomic mass is 19.1. The summed E-state index contributed by atoms with van der Waals surface area (Å²) in [6.07, 6.45) is 3.32. The van der Waals surface area contributed by atoms with Gasteiger partial charge in [0.05, 0.1) is 43.7 Å². The van der Waals surface area contributed by atoms with Gasteiger partial charge in [-0.2, -0.15) is 0 Å². The molecule has 0 unspecified atom stereocenters. The first kappa shape index (κ1) is 42.6. The first-order valence-electron chi connectivity index (χ1n) is 20.7. The highest BCUT2D eigenvalue weighted by molar-refractivity contribution is 5.88. The van der Waals surface area contributed by atoms with Crippen molar-refractivity contribution in [1.29, 1.82) is 0 Å². The Morgan fingerprint density at radius 2 is 1.23 bits per heavy atom. The van der Waals surface area contributed by atoms with Crippen molar-refractivity contribution in [3.05, 3.63) is 100 Å². The SMILES string of the molecule is COC(=O)N[C@H](C(=O)N1CCC[C@H]1c1cc(=O)c2cc(F)c(-c3ccc(-c4ccc(-c5cnc([C@@H]6CCCN6C(=O)[C@H](NC(=O)OC)C(C)C)[nH]5)cc4)cc3)cc2[nH]1)C(C)C. The van der Waals surface area contributed by atoms with E-state index in [9.17, 15) is 24.0 Å². The van der Waals surface area contributed by atoms with Crippen LogP contribution >= 0.6 is 0 Å².